The second-order valence-electron chi connectivity index (χ2n) is 5.88. The summed E-state index contributed by atoms with van der Waals surface area (Å²) in [6, 6.07) is 2.49. The van der Waals surface area contributed by atoms with Gasteiger partial charge in [0, 0.05) is 18.8 Å². The van der Waals surface area contributed by atoms with Gasteiger partial charge >= 0.3 is 6.18 Å². The third-order valence-electron chi connectivity index (χ3n) is 3.92. The van der Waals surface area contributed by atoms with Gasteiger partial charge in [0.25, 0.3) is 0 Å². The average molecular weight is 287 g/mol. The normalized spacial score (nSPS) is 22.6. The van der Waals surface area contributed by atoms with Crippen LogP contribution in [0.5, 0.6) is 0 Å². The predicted octanol–water partition coefficient (Wildman–Crippen LogP) is 3.29. The molecule has 1 aliphatic rings. The van der Waals surface area contributed by atoms with Crippen molar-refractivity contribution in [1.82, 2.24) is 10.3 Å². The minimum Gasteiger partial charge on any atom is -0.368 e. The summed E-state index contributed by atoms with van der Waals surface area (Å²) in [5.74, 6) is -0.0943. The first-order valence-corrected chi connectivity index (χ1v) is 6.80. The van der Waals surface area contributed by atoms with Gasteiger partial charge in [-0.05, 0) is 36.9 Å². The van der Waals surface area contributed by atoms with Gasteiger partial charge in [0.1, 0.15) is 5.82 Å². The summed E-state index contributed by atoms with van der Waals surface area (Å²) in [5.41, 5.74) is -0.646. The van der Waals surface area contributed by atoms with E-state index in [4.69, 9.17) is 0 Å². The zero-order valence-electron chi connectivity index (χ0n) is 11.7. The minimum atomic E-state index is -4.38. The Morgan fingerprint density at radius 2 is 2.20 bits per heavy atom. The average Bonchev–Trinajstić information content (AvgIpc) is 2.36. The Bertz CT molecular complexity index is 457. The van der Waals surface area contributed by atoms with Gasteiger partial charge in [-0.25, -0.2) is 4.98 Å². The third-order valence-corrected chi connectivity index (χ3v) is 3.92. The Kier molecular flexibility index (Phi) is 4.22. The molecular formula is C14H20F3N3. The molecule has 1 aromatic rings. The fraction of sp³-hybridized carbons (Fsp3) is 0.643. The summed E-state index contributed by atoms with van der Waals surface area (Å²) >= 11 is 0. The van der Waals surface area contributed by atoms with Crippen molar-refractivity contribution >= 4 is 5.82 Å². The van der Waals surface area contributed by atoms with Gasteiger partial charge in [0.2, 0.25) is 0 Å². The van der Waals surface area contributed by atoms with Crippen LogP contribution in [0.4, 0.5) is 19.0 Å². The Labute approximate surface area is 117 Å². The van der Waals surface area contributed by atoms with E-state index in [9.17, 15) is 13.2 Å². The maximum absolute atomic E-state index is 12.9. The van der Waals surface area contributed by atoms with E-state index in [1.165, 1.54) is 12.3 Å². The largest absolute Gasteiger partial charge is 0.419 e. The topological polar surface area (TPSA) is 37.0 Å². The van der Waals surface area contributed by atoms with Crippen LogP contribution in [0.1, 0.15) is 32.3 Å². The molecule has 1 fully saturated rings. The van der Waals surface area contributed by atoms with Crippen molar-refractivity contribution in [2.75, 3.05) is 18.4 Å². The van der Waals surface area contributed by atoms with E-state index in [0.29, 0.717) is 6.54 Å². The molecule has 0 radical (unpaired) electrons. The lowest BCUT2D eigenvalue weighted by atomic mass is 9.77. The number of hydrogen-bond acceptors (Lipinski definition) is 3. The molecule has 0 saturated carbocycles. The Balaban J connectivity index is 2.08. The van der Waals surface area contributed by atoms with Crippen LogP contribution in [0.15, 0.2) is 18.3 Å². The van der Waals surface area contributed by atoms with Crippen molar-refractivity contribution in [2.24, 2.45) is 5.41 Å². The molecule has 2 N–H and O–H groups in total. The molecule has 2 heterocycles. The Morgan fingerprint density at radius 1 is 1.45 bits per heavy atom. The Hall–Kier alpha value is -1.30. The lowest BCUT2D eigenvalue weighted by Crippen LogP contribution is -2.50. The SMILES string of the molecule is CC1(C)CCCNC1CNc1ncccc1C(F)(F)F. The minimum absolute atomic E-state index is 0.0679. The first kappa shape index (κ1) is 15.1. The van der Waals surface area contributed by atoms with Gasteiger partial charge < -0.3 is 10.6 Å². The molecule has 1 aliphatic heterocycles. The summed E-state index contributed by atoms with van der Waals surface area (Å²) in [7, 11) is 0. The highest BCUT2D eigenvalue weighted by molar-refractivity contribution is 5.45. The fourth-order valence-corrected chi connectivity index (χ4v) is 2.59. The van der Waals surface area contributed by atoms with Crippen LogP contribution in [0, 0.1) is 5.41 Å². The van der Waals surface area contributed by atoms with Crippen molar-refractivity contribution in [3.05, 3.63) is 23.9 Å². The van der Waals surface area contributed by atoms with Crippen LogP contribution in [-0.4, -0.2) is 24.1 Å². The van der Waals surface area contributed by atoms with Gasteiger partial charge in [-0.2, -0.15) is 13.2 Å². The zero-order valence-corrected chi connectivity index (χ0v) is 11.7. The van der Waals surface area contributed by atoms with Gasteiger partial charge in [0.15, 0.2) is 0 Å². The molecule has 6 heteroatoms. The number of piperidine rings is 1. The van der Waals surface area contributed by atoms with Gasteiger partial charge in [-0.1, -0.05) is 13.8 Å². The van der Waals surface area contributed by atoms with Crippen molar-refractivity contribution in [3.63, 3.8) is 0 Å². The highest BCUT2D eigenvalue weighted by Gasteiger charge is 2.35. The van der Waals surface area contributed by atoms with E-state index in [-0.39, 0.29) is 17.3 Å². The highest BCUT2D eigenvalue weighted by Crippen LogP contribution is 2.34. The summed E-state index contributed by atoms with van der Waals surface area (Å²) in [6.45, 7) is 5.61. The van der Waals surface area contributed by atoms with Crippen LogP contribution in [0.3, 0.4) is 0 Å². The molecule has 0 bridgehead atoms. The van der Waals surface area contributed by atoms with E-state index >= 15 is 0 Å². The van der Waals surface area contributed by atoms with Crippen LogP contribution < -0.4 is 10.6 Å². The molecule has 1 aromatic heterocycles. The van der Waals surface area contributed by atoms with E-state index in [1.807, 2.05) is 0 Å². The van der Waals surface area contributed by atoms with Crippen molar-refractivity contribution in [2.45, 2.75) is 38.9 Å². The highest BCUT2D eigenvalue weighted by atomic mass is 19.4. The Morgan fingerprint density at radius 3 is 2.85 bits per heavy atom. The first-order valence-electron chi connectivity index (χ1n) is 6.80. The molecule has 20 heavy (non-hydrogen) atoms. The third kappa shape index (κ3) is 3.42. The molecule has 0 amide bonds. The van der Waals surface area contributed by atoms with Crippen molar-refractivity contribution < 1.29 is 13.2 Å². The molecular weight excluding hydrogens is 267 g/mol. The summed E-state index contributed by atoms with van der Waals surface area (Å²) in [4.78, 5) is 3.82. The number of alkyl halides is 3. The van der Waals surface area contributed by atoms with Crippen LogP contribution in [0.25, 0.3) is 0 Å². The molecule has 1 saturated heterocycles. The smallest absolute Gasteiger partial charge is 0.368 e. The number of hydrogen-bond donors (Lipinski definition) is 2. The quantitative estimate of drug-likeness (QED) is 0.895. The van der Waals surface area contributed by atoms with E-state index in [1.54, 1.807) is 0 Å². The van der Waals surface area contributed by atoms with Gasteiger partial charge in [0.05, 0.1) is 5.56 Å². The standard InChI is InChI=1S/C14H20F3N3/c1-13(2)6-4-8-18-11(13)9-20-12-10(14(15,16)17)5-3-7-19-12/h3,5,7,11,18H,4,6,8-9H2,1-2H3,(H,19,20). The molecule has 1 unspecified atom stereocenters. The zero-order chi connectivity index (χ0) is 14.8. The lowest BCUT2D eigenvalue weighted by molar-refractivity contribution is -0.137. The number of halogens is 3. The van der Waals surface area contributed by atoms with Gasteiger partial charge in [-0.3, -0.25) is 0 Å². The second-order valence-corrected chi connectivity index (χ2v) is 5.88. The van der Waals surface area contributed by atoms with Crippen LogP contribution in [-0.2, 0) is 6.18 Å². The van der Waals surface area contributed by atoms with Crippen LogP contribution >= 0.6 is 0 Å². The maximum Gasteiger partial charge on any atom is 0.419 e. The predicted molar refractivity (Wildman–Crippen MR) is 72.5 cm³/mol. The molecule has 0 aromatic carbocycles. The van der Waals surface area contributed by atoms with Crippen LogP contribution in [0.2, 0.25) is 0 Å². The van der Waals surface area contributed by atoms with Crippen molar-refractivity contribution in [3.8, 4) is 0 Å². The summed E-state index contributed by atoms with van der Waals surface area (Å²) in [5, 5.41) is 6.22. The van der Waals surface area contributed by atoms with Crippen molar-refractivity contribution in [1.29, 1.82) is 0 Å². The second kappa shape index (κ2) is 5.60. The summed E-state index contributed by atoms with van der Waals surface area (Å²) in [6.07, 6.45) is -0.843. The first-order chi connectivity index (χ1) is 9.31. The number of nitrogens with one attached hydrogen (secondary N) is 2. The number of anilines is 1. The molecule has 112 valence electrons. The number of pyridine rings is 1. The summed E-state index contributed by atoms with van der Waals surface area (Å²) < 4.78 is 38.6. The molecule has 1 atom stereocenters. The monoisotopic (exact) mass is 287 g/mol. The van der Waals surface area contributed by atoms with Gasteiger partial charge in [-0.15, -0.1) is 0 Å². The van der Waals surface area contributed by atoms with E-state index in [2.05, 4.69) is 29.5 Å². The van der Waals surface area contributed by atoms with E-state index < -0.39 is 11.7 Å². The molecule has 2 rings (SSSR count). The lowest BCUT2D eigenvalue weighted by Gasteiger charge is -2.39. The molecule has 3 nitrogen and oxygen atoms in total. The number of rotatable bonds is 3. The fourth-order valence-electron chi connectivity index (χ4n) is 2.59. The number of nitrogens with zero attached hydrogens (tertiary/aromatic N) is 1. The molecule has 0 spiro atoms. The molecule has 0 aliphatic carbocycles. The van der Waals surface area contributed by atoms with E-state index in [0.717, 1.165) is 25.5 Å². The number of aromatic nitrogens is 1. The maximum atomic E-state index is 12.9.